The van der Waals surface area contributed by atoms with Crippen LogP contribution in [-0.2, 0) is 10.0 Å². The van der Waals surface area contributed by atoms with Gasteiger partial charge in [0.05, 0.1) is 6.54 Å². The number of nitrogens with one attached hydrogen (secondary N) is 1. The van der Waals surface area contributed by atoms with Gasteiger partial charge in [-0.2, -0.15) is 0 Å². The van der Waals surface area contributed by atoms with E-state index in [0.717, 1.165) is 6.42 Å². The molecule has 0 radical (unpaired) electrons. The van der Waals surface area contributed by atoms with Crippen LogP contribution in [0.2, 0.25) is 0 Å². The van der Waals surface area contributed by atoms with E-state index in [1.54, 1.807) is 0 Å². The summed E-state index contributed by atoms with van der Waals surface area (Å²) in [7, 11) is -3.52. The van der Waals surface area contributed by atoms with Crippen molar-refractivity contribution in [2.24, 2.45) is 11.7 Å². The van der Waals surface area contributed by atoms with E-state index in [1.807, 2.05) is 13.8 Å². The van der Waals surface area contributed by atoms with Gasteiger partial charge in [0.2, 0.25) is 10.0 Å². The van der Waals surface area contributed by atoms with E-state index < -0.39 is 10.0 Å². The summed E-state index contributed by atoms with van der Waals surface area (Å²) in [6.45, 7) is 4.65. The maximum absolute atomic E-state index is 12.1. The first-order valence-corrected chi connectivity index (χ1v) is 7.61. The molecule has 0 saturated carbocycles. The monoisotopic (exact) mass is 281 g/mol. The maximum atomic E-state index is 12.1. The molecule has 5 nitrogen and oxygen atoms in total. The maximum Gasteiger partial charge on any atom is 0.242 e. The van der Waals surface area contributed by atoms with Gasteiger partial charge in [-0.05, 0) is 12.0 Å². The first-order chi connectivity index (χ1) is 8.99. The molecule has 19 heavy (non-hydrogen) atoms. The molecule has 104 valence electrons. The molecule has 3 N–H and O–H groups in total. The van der Waals surface area contributed by atoms with E-state index in [1.165, 1.54) is 18.5 Å². The van der Waals surface area contributed by atoms with Crippen LogP contribution in [0.25, 0.3) is 0 Å². The molecule has 0 aromatic carbocycles. The first-order valence-electron chi connectivity index (χ1n) is 6.13. The van der Waals surface area contributed by atoms with Gasteiger partial charge in [-0.25, -0.2) is 13.1 Å². The predicted octanol–water partition coefficient (Wildman–Crippen LogP) is 0.716. The van der Waals surface area contributed by atoms with Crippen molar-refractivity contribution in [2.45, 2.75) is 25.2 Å². The lowest BCUT2D eigenvalue weighted by Crippen LogP contribution is -2.28. The molecule has 0 aliphatic carbocycles. The quantitative estimate of drug-likeness (QED) is 0.779. The fraction of sp³-hybridized carbons (Fsp3) is 0.462. The van der Waals surface area contributed by atoms with E-state index in [-0.39, 0.29) is 11.4 Å². The SMILES string of the molecule is CCC(C)CNS(=O)(=O)c1cncc(C#CCN)c1. The third kappa shape index (κ3) is 4.99. The molecule has 0 amide bonds. The zero-order valence-electron chi connectivity index (χ0n) is 11.2. The van der Waals surface area contributed by atoms with Crippen molar-refractivity contribution in [3.05, 3.63) is 24.0 Å². The normalized spacial score (nSPS) is 12.6. The molecule has 1 atom stereocenters. The van der Waals surface area contributed by atoms with Crippen LogP contribution in [0.5, 0.6) is 0 Å². The highest BCUT2D eigenvalue weighted by Gasteiger charge is 2.15. The molecule has 0 spiro atoms. The van der Waals surface area contributed by atoms with Crippen LogP contribution in [0, 0.1) is 17.8 Å². The minimum absolute atomic E-state index is 0.125. The molecule has 0 bridgehead atoms. The highest BCUT2D eigenvalue weighted by atomic mass is 32.2. The van der Waals surface area contributed by atoms with E-state index >= 15 is 0 Å². The molecular weight excluding hydrogens is 262 g/mol. The predicted molar refractivity (Wildman–Crippen MR) is 74.8 cm³/mol. The Morgan fingerprint density at radius 1 is 1.47 bits per heavy atom. The smallest absolute Gasteiger partial charge is 0.242 e. The largest absolute Gasteiger partial charge is 0.320 e. The summed E-state index contributed by atoms with van der Waals surface area (Å²) >= 11 is 0. The second-order valence-corrected chi connectivity index (χ2v) is 6.05. The summed E-state index contributed by atoms with van der Waals surface area (Å²) in [6.07, 6.45) is 3.74. The van der Waals surface area contributed by atoms with E-state index in [4.69, 9.17) is 5.73 Å². The van der Waals surface area contributed by atoms with E-state index in [0.29, 0.717) is 18.0 Å². The Kier molecular flexibility index (Phi) is 5.96. The van der Waals surface area contributed by atoms with Crippen LogP contribution in [0.1, 0.15) is 25.8 Å². The van der Waals surface area contributed by atoms with Crippen molar-refractivity contribution in [3.8, 4) is 11.8 Å². The number of nitrogens with two attached hydrogens (primary N) is 1. The molecule has 1 rings (SSSR count). The fourth-order valence-electron chi connectivity index (χ4n) is 1.27. The van der Waals surface area contributed by atoms with Crippen LogP contribution in [0.15, 0.2) is 23.4 Å². The Balaban J connectivity index is 2.89. The lowest BCUT2D eigenvalue weighted by atomic mass is 10.1. The van der Waals surface area contributed by atoms with Gasteiger partial charge < -0.3 is 5.73 Å². The number of hydrogen-bond donors (Lipinski definition) is 2. The molecule has 0 aliphatic rings. The van der Waals surface area contributed by atoms with Gasteiger partial charge in [-0.15, -0.1) is 0 Å². The Bertz CT molecular complexity index is 573. The number of aromatic nitrogens is 1. The summed E-state index contributed by atoms with van der Waals surface area (Å²) in [5, 5.41) is 0. The summed E-state index contributed by atoms with van der Waals surface area (Å²) in [5.41, 5.74) is 5.81. The van der Waals surface area contributed by atoms with Gasteiger partial charge in [0.1, 0.15) is 4.90 Å². The molecule has 0 fully saturated rings. The van der Waals surface area contributed by atoms with Gasteiger partial charge in [-0.1, -0.05) is 32.1 Å². The average molecular weight is 281 g/mol. The van der Waals surface area contributed by atoms with Crippen molar-refractivity contribution in [1.82, 2.24) is 9.71 Å². The van der Waals surface area contributed by atoms with Crippen molar-refractivity contribution >= 4 is 10.0 Å². The number of nitrogens with zero attached hydrogens (tertiary/aromatic N) is 1. The molecule has 1 heterocycles. The molecule has 1 aromatic rings. The van der Waals surface area contributed by atoms with E-state index in [9.17, 15) is 8.42 Å². The lowest BCUT2D eigenvalue weighted by molar-refractivity contribution is 0.528. The van der Waals surface area contributed by atoms with Gasteiger partial charge in [0, 0.05) is 24.5 Å². The van der Waals surface area contributed by atoms with Gasteiger partial charge in [-0.3, -0.25) is 4.98 Å². The topological polar surface area (TPSA) is 85.1 Å². The second kappa shape index (κ2) is 7.24. The molecule has 6 heteroatoms. The third-order valence-corrected chi connectivity index (χ3v) is 4.07. The zero-order valence-corrected chi connectivity index (χ0v) is 12.0. The summed E-state index contributed by atoms with van der Waals surface area (Å²) < 4.78 is 26.7. The Morgan fingerprint density at radius 3 is 2.84 bits per heavy atom. The van der Waals surface area contributed by atoms with Crippen molar-refractivity contribution in [1.29, 1.82) is 0 Å². The highest BCUT2D eigenvalue weighted by Crippen LogP contribution is 2.10. The van der Waals surface area contributed by atoms with Crippen LogP contribution in [-0.4, -0.2) is 26.5 Å². The molecule has 1 aromatic heterocycles. The van der Waals surface area contributed by atoms with Crippen LogP contribution >= 0.6 is 0 Å². The van der Waals surface area contributed by atoms with Crippen LogP contribution < -0.4 is 10.5 Å². The standard InChI is InChI=1S/C13H19N3O2S/c1-3-11(2)8-16-19(17,18)13-7-12(5-4-6-14)9-15-10-13/h7,9-11,16H,3,6,8,14H2,1-2H3. The minimum Gasteiger partial charge on any atom is -0.320 e. The minimum atomic E-state index is -3.52. The average Bonchev–Trinajstić information content (AvgIpc) is 2.43. The Hall–Kier alpha value is -1.42. The first kappa shape index (κ1) is 15.6. The molecule has 0 saturated heterocycles. The molecule has 0 aliphatic heterocycles. The summed E-state index contributed by atoms with van der Waals surface area (Å²) in [4.78, 5) is 4.01. The molecule has 1 unspecified atom stereocenters. The Morgan fingerprint density at radius 2 is 2.21 bits per heavy atom. The highest BCUT2D eigenvalue weighted by molar-refractivity contribution is 7.89. The zero-order chi connectivity index (χ0) is 14.3. The summed E-state index contributed by atoms with van der Waals surface area (Å²) in [5.74, 6) is 5.72. The van der Waals surface area contributed by atoms with Gasteiger partial charge in [0.25, 0.3) is 0 Å². The fourth-order valence-corrected chi connectivity index (χ4v) is 2.42. The van der Waals surface area contributed by atoms with E-state index in [2.05, 4.69) is 21.5 Å². The van der Waals surface area contributed by atoms with Gasteiger partial charge in [0.15, 0.2) is 0 Å². The lowest BCUT2D eigenvalue weighted by Gasteiger charge is -2.10. The Labute approximate surface area is 114 Å². The number of hydrogen-bond acceptors (Lipinski definition) is 4. The molecular formula is C13H19N3O2S. The van der Waals surface area contributed by atoms with Crippen molar-refractivity contribution in [3.63, 3.8) is 0 Å². The number of sulfonamides is 1. The van der Waals surface area contributed by atoms with Crippen LogP contribution in [0.3, 0.4) is 0 Å². The number of rotatable bonds is 5. The summed E-state index contributed by atoms with van der Waals surface area (Å²) in [6, 6.07) is 1.49. The second-order valence-electron chi connectivity index (χ2n) is 4.28. The van der Waals surface area contributed by atoms with Gasteiger partial charge >= 0.3 is 0 Å². The number of pyridine rings is 1. The third-order valence-electron chi connectivity index (χ3n) is 2.68. The van der Waals surface area contributed by atoms with Crippen molar-refractivity contribution in [2.75, 3.05) is 13.1 Å². The van der Waals surface area contributed by atoms with Crippen LogP contribution in [0.4, 0.5) is 0 Å². The van der Waals surface area contributed by atoms with Crippen molar-refractivity contribution < 1.29 is 8.42 Å².